The number of aliphatic hydroxyl groups is 1. The lowest BCUT2D eigenvalue weighted by Gasteiger charge is -2.08. The first-order valence-corrected chi connectivity index (χ1v) is 9.88. The third kappa shape index (κ3) is 3.86. The molecule has 2 heterocycles. The van der Waals surface area contributed by atoms with Crippen LogP contribution in [0.25, 0.3) is 10.2 Å². The van der Waals surface area contributed by atoms with Gasteiger partial charge < -0.3 is 16.2 Å². The summed E-state index contributed by atoms with van der Waals surface area (Å²) in [4.78, 5) is 18.3. The molecule has 5 nitrogen and oxygen atoms in total. The Morgan fingerprint density at radius 1 is 1.46 bits per heavy atom. The predicted molar refractivity (Wildman–Crippen MR) is 111 cm³/mol. The Morgan fingerprint density at radius 2 is 2.19 bits per heavy atom. The zero-order chi connectivity index (χ0) is 19.0. The van der Waals surface area contributed by atoms with E-state index in [0.717, 1.165) is 21.1 Å². The lowest BCUT2D eigenvalue weighted by atomic mass is 10.0. The van der Waals surface area contributed by atoms with Crippen LogP contribution in [0.3, 0.4) is 0 Å². The highest BCUT2D eigenvalue weighted by molar-refractivity contribution is 9.10. The molecule has 0 radical (unpaired) electrons. The molecule has 8 heteroatoms. The minimum Gasteiger partial charge on any atom is -0.397 e. The summed E-state index contributed by atoms with van der Waals surface area (Å²) in [5.41, 5.74) is 8.94. The molecule has 1 unspecified atom stereocenters. The van der Waals surface area contributed by atoms with Gasteiger partial charge in [0.25, 0.3) is 5.91 Å². The van der Waals surface area contributed by atoms with E-state index < -0.39 is 6.10 Å². The lowest BCUT2D eigenvalue weighted by Crippen LogP contribution is -2.12. The Kier molecular flexibility index (Phi) is 5.53. The highest BCUT2D eigenvalue weighted by Crippen LogP contribution is 2.36. The van der Waals surface area contributed by atoms with E-state index in [-0.39, 0.29) is 5.91 Å². The van der Waals surface area contributed by atoms with Gasteiger partial charge in [-0.25, -0.2) is 4.98 Å². The highest BCUT2D eigenvalue weighted by Gasteiger charge is 2.21. The summed E-state index contributed by atoms with van der Waals surface area (Å²) in [5, 5.41) is 13.8. The van der Waals surface area contributed by atoms with E-state index in [0.29, 0.717) is 32.5 Å². The number of rotatable bonds is 4. The second-order valence-electron chi connectivity index (χ2n) is 6.08. The van der Waals surface area contributed by atoms with Crippen molar-refractivity contribution >= 4 is 66.4 Å². The fourth-order valence-corrected chi connectivity index (χ4v) is 4.26. The van der Waals surface area contributed by atoms with Crippen LogP contribution >= 0.6 is 38.9 Å². The smallest absolute Gasteiger partial charge is 0.267 e. The second-order valence-corrected chi connectivity index (χ2v) is 8.34. The summed E-state index contributed by atoms with van der Waals surface area (Å²) < 4.78 is 0.751. The number of benzene rings is 1. The number of carbonyl (C=O) groups excluding carboxylic acids is 1. The number of hydrogen-bond donors (Lipinski definition) is 3. The largest absolute Gasteiger partial charge is 0.397 e. The number of nitrogens with two attached hydrogens (primary N) is 1. The number of aromatic nitrogens is 1. The van der Waals surface area contributed by atoms with Gasteiger partial charge in [-0.05, 0) is 66.0 Å². The standard InChI is InChI=1S/C18H17BrClN3O2S/c1-8-5-10(6-9(2)24)14-15(21)16(26-18(14)22-8)17(25)23-11-3-4-12(19)13(20)7-11/h3-5,7,9,24H,6,21H2,1-2H3,(H,23,25). The molecule has 0 aliphatic carbocycles. The number of aryl methyl sites for hydroxylation is 1. The number of thiophene rings is 1. The van der Waals surface area contributed by atoms with Crippen LogP contribution in [0.15, 0.2) is 28.7 Å². The molecule has 0 aliphatic heterocycles. The number of carbonyl (C=O) groups is 1. The molecule has 2 aromatic heterocycles. The number of nitrogens with one attached hydrogen (secondary N) is 1. The second kappa shape index (κ2) is 7.52. The van der Waals surface area contributed by atoms with Crippen LogP contribution in [0.1, 0.15) is 27.9 Å². The molecule has 1 atom stereocenters. The van der Waals surface area contributed by atoms with Crippen molar-refractivity contribution in [3.05, 3.63) is 49.9 Å². The first-order chi connectivity index (χ1) is 12.3. The van der Waals surface area contributed by atoms with Gasteiger partial charge in [0.05, 0.1) is 16.8 Å². The molecule has 1 aromatic carbocycles. The van der Waals surface area contributed by atoms with Crippen molar-refractivity contribution in [2.45, 2.75) is 26.4 Å². The number of hydrogen-bond acceptors (Lipinski definition) is 5. The summed E-state index contributed by atoms with van der Waals surface area (Å²) in [5.74, 6) is -0.315. The molecule has 0 bridgehead atoms. The molecule has 26 heavy (non-hydrogen) atoms. The Hall–Kier alpha value is -1.67. The monoisotopic (exact) mass is 453 g/mol. The zero-order valence-corrected chi connectivity index (χ0v) is 17.3. The van der Waals surface area contributed by atoms with E-state index >= 15 is 0 Å². The van der Waals surface area contributed by atoms with E-state index in [1.165, 1.54) is 11.3 Å². The minimum absolute atomic E-state index is 0.315. The molecule has 0 aliphatic rings. The van der Waals surface area contributed by atoms with Gasteiger partial charge in [-0.1, -0.05) is 11.6 Å². The van der Waals surface area contributed by atoms with Gasteiger partial charge >= 0.3 is 0 Å². The Labute approximate surface area is 168 Å². The quantitative estimate of drug-likeness (QED) is 0.529. The summed E-state index contributed by atoms with van der Waals surface area (Å²) in [6.07, 6.45) is -0.0639. The fourth-order valence-electron chi connectivity index (χ4n) is 2.75. The minimum atomic E-state index is -0.513. The van der Waals surface area contributed by atoms with E-state index in [4.69, 9.17) is 17.3 Å². The summed E-state index contributed by atoms with van der Waals surface area (Å²) in [6, 6.07) is 7.07. The van der Waals surface area contributed by atoms with Crippen molar-refractivity contribution in [2.24, 2.45) is 0 Å². The van der Waals surface area contributed by atoms with Crippen LogP contribution in [-0.2, 0) is 6.42 Å². The average Bonchev–Trinajstić information content (AvgIpc) is 2.87. The van der Waals surface area contributed by atoms with Crippen molar-refractivity contribution in [3.8, 4) is 0 Å². The molecule has 136 valence electrons. The number of nitrogens with zero attached hydrogens (tertiary/aromatic N) is 1. The Morgan fingerprint density at radius 3 is 2.85 bits per heavy atom. The molecule has 0 spiro atoms. The molecule has 1 amide bonds. The first-order valence-electron chi connectivity index (χ1n) is 7.89. The molecule has 0 saturated carbocycles. The van der Waals surface area contributed by atoms with Crippen LogP contribution in [0.4, 0.5) is 11.4 Å². The van der Waals surface area contributed by atoms with Crippen LogP contribution < -0.4 is 11.1 Å². The molecule has 0 fully saturated rings. The van der Waals surface area contributed by atoms with Gasteiger partial charge in [0.15, 0.2) is 0 Å². The number of halogens is 2. The number of fused-ring (bicyclic) bond motifs is 1. The normalized spacial score (nSPS) is 12.3. The maximum absolute atomic E-state index is 12.7. The third-order valence-corrected chi connectivity index (χ3v) is 6.14. The fraction of sp³-hybridized carbons (Fsp3) is 0.222. The van der Waals surface area contributed by atoms with Crippen LogP contribution in [0, 0.1) is 6.92 Å². The molecule has 0 saturated heterocycles. The maximum Gasteiger partial charge on any atom is 0.267 e. The Balaban J connectivity index is 2.00. The van der Waals surface area contributed by atoms with Crippen molar-refractivity contribution in [1.82, 2.24) is 4.98 Å². The summed E-state index contributed by atoms with van der Waals surface area (Å²) in [7, 11) is 0. The van der Waals surface area contributed by atoms with Gasteiger partial charge in [-0.2, -0.15) is 0 Å². The van der Waals surface area contributed by atoms with Crippen molar-refractivity contribution in [3.63, 3.8) is 0 Å². The molecule has 4 N–H and O–H groups in total. The van der Waals surface area contributed by atoms with Gasteiger partial charge in [0, 0.05) is 21.2 Å². The number of pyridine rings is 1. The van der Waals surface area contributed by atoms with Crippen molar-refractivity contribution in [2.75, 3.05) is 11.1 Å². The van der Waals surface area contributed by atoms with Crippen LogP contribution in [-0.4, -0.2) is 22.1 Å². The van der Waals surface area contributed by atoms with Crippen LogP contribution in [0.5, 0.6) is 0 Å². The highest BCUT2D eigenvalue weighted by atomic mass is 79.9. The molecular formula is C18H17BrClN3O2S. The van der Waals surface area contributed by atoms with Gasteiger partial charge in [0.1, 0.15) is 9.71 Å². The lowest BCUT2D eigenvalue weighted by molar-refractivity contribution is 0.103. The number of anilines is 2. The van der Waals surface area contributed by atoms with E-state index in [9.17, 15) is 9.90 Å². The summed E-state index contributed by atoms with van der Waals surface area (Å²) in [6.45, 7) is 3.60. The average molecular weight is 455 g/mol. The van der Waals surface area contributed by atoms with Gasteiger partial charge in [-0.15, -0.1) is 11.3 Å². The zero-order valence-electron chi connectivity index (χ0n) is 14.1. The maximum atomic E-state index is 12.7. The number of amides is 1. The molecular weight excluding hydrogens is 438 g/mol. The first kappa shape index (κ1) is 19.1. The molecule has 3 aromatic rings. The SMILES string of the molecule is Cc1cc(CC(C)O)c2c(N)c(C(=O)Nc3ccc(Br)c(Cl)c3)sc2n1. The van der Waals surface area contributed by atoms with E-state index in [1.807, 2.05) is 13.0 Å². The van der Waals surface area contributed by atoms with Crippen molar-refractivity contribution in [1.29, 1.82) is 0 Å². The summed E-state index contributed by atoms with van der Waals surface area (Å²) >= 11 is 10.6. The van der Waals surface area contributed by atoms with Crippen molar-refractivity contribution < 1.29 is 9.90 Å². The van der Waals surface area contributed by atoms with E-state index in [2.05, 4.69) is 26.2 Å². The number of aliphatic hydroxyl groups excluding tert-OH is 1. The van der Waals surface area contributed by atoms with Gasteiger partial charge in [0.2, 0.25) is 0 Å². The van der Waals surface area contributed by atoms with Gasteiger partial charge in [-0.3, -0.25) is 4.79 Å². The predicted octanol–water partition coefficient (Wildman–Crippen LogP) is 4.78. The Bertz CT molecular complexity index is 1000. The van der Waals surface area contributed by atoms with E-state index in [1.54, 1.807) is 25.1 Å². The molecule has 3 rings (SSSR count). The third-order valence-electron chi connectivity index (χ3n) is 3.81. The van der Waals surface area contributed by atoms with Crippen LogP contribution in [0.2, 0.25) is 5.02 Å². The number of nitrogen functional groups attached to an aromatic ring is 1. The topological polar surface area (TPSA) is 88.2 Å².